The van der Waals surface area contributed by atoms with Crippen molar-refractivity contribution in [3.63, 3.8) is 0 Å². The number of hydrogen-bond acceptors (Lipinski definition) is 4. The molecule has 0 amide bonds. The van der Waals surface area contributed by atoms with E-state index < -0.39 is 0 Å². The van der Waals surface area contributed by atoms with Crippen LogP contribution < -0.4 is 0 Å². The van der Waals surface area contributed by atoms with E-state index in [9.17, 15) is 0 Å². The molecule has 2 N–H and O–H groups in total. The van der Waals surface area contributed by atoms with E-state index in [-0.39, 0.29) is 45.8 Å². The van der Waals surface area contributed by atoms with E-state index in [1.807, 2.05) is 28.2 Å². The molecule has 0 saturated heterocycles. The number of nitrogens with zero attached hydrogens (tertiary/aromatic N) is 2. The maximum atomic E-state index is 8.29. The van der Waals surface area contributed by atoms with E-state index in [0.29, 0.717) is 13.2 Å². The molecule has 0 aromatic carbocycles. The Morgan fingerprint density at radius 2 is 0.850 bits per heavy atom. The molecule has 0 aliphatic carbocycles. The molecule has 0 bridgehead atoms. The molecule has 0 aliphatic heterocycles. The SMILES string of the molecule is CN(C)CCCO.CN(C)CCCO.[CH3][In][CH3].[CH3][In][CH3]. The summed E-state index contributed by atoms with van der Waals surface area (Å²) in [4.78, 5) is 4.10. The zero-order valence-corrected chi connectivity index (χ0v) is 21.8. The normalized spacial score (nSPS) is 8.60. The van der Waals surface area contributed by atoms with Gasteiger partial charge in [-0.1, -0.05) is 0 Å². The Hall–Kier alpha value is 1.58. The first-order chi connectivity index (χ1) is 9.37. The van der Waals surface area contributed by atoms with Crippen molar-refractivity contribution < 1.29 is 10.2 Å². The Morgan fingerprint density at radius 1 is 0.650 bits per heavy atom. The van der Waals surface area contributed by atoms with Gasteiger partial charge >= 0.3 is 64.5 Å². The van der Waals surface area contributed by atoms with E-state index in [1.165, 1.54) is 0 Å². The Kier molecular flexibility index (Phi) is 48.1. The van der Waals surface area contributed by atoms with Crippen molar-refractivity contribution in [3.8, 4) is 0 Å². The first-order valence-electron chi connectivity index (χ1n) is 7.36. The molecule has 2 radical (unpaired) electrons. The van der Waals surface area contributed by atoms with Gasteiger partial charge in [-0.05, 0) is 54.1 Å². The van der Waals surface area contributed by atoms with Gasteiger partial charge in [0.25, 0.3) is 0 Å². The molecule has 0 saturated carbocycles. The zero-order chi connectivity index (χ0) is 16.8. The monoisotopic (exact) mass is 496 g/mol. The van der Waals surface area contributed by atoms with Gasteiger partial charge in [0.2, 0.25) is 0 Å². The van der Waals surface area contributed by atoms with Crippen LogP contribution in [0.5, 0.6) is 0 Å². The van der Waals surface area contributed by atoms with Crippen molar-refractivity contribution >= 4 is 45.8 Å². The summed E-state index contributed by atoms with van der Waals surface area (Å²) in [7, 11) is 7.98. The van der Waals surface area contributed by atoms with E-state index in [2.05, 4.69) is 28.5 Å². The van der Waals surface area contributed by atoms with Crippen molar-refractivity contribution in [2.24, 2.45) is 0 Å². The third-order valence-electron chi connectivity index (χ3n) is 1.53. The molecule has 6 heteroatoms. The van der Waals surface area contributed by atoms with Crippen LogP contribution >= 0.6 is 0 Å². The quantitative estimate of drug-likeness (QED) is 0.585. The number of aliphatic hydroxyl groups excluding tert-OH is 2. The molecule has 0 aromatic rings. The van der Waals surface area contributed by atoms with Crippen LogP contribution in [-0.4, -0.2) is 120 Å². The number of rotatable bonds is 6. The molecule has 0 fully saturated rings. The summed E-state index contributed by atoms with van der Waals surface area (Å²) in [6.07, 6.45) is 1.76. The van der Waals surface area contributed by atoms with Crippen LogP contribution in [0.25, 0.3) is 0 Å². The fraction of sp³-hybridized carbons (Fsp3) is 1.00. The maximum absolute atomic E-state index is 8.29. The molecule has 20 heavy (non-hydrogen) atoms. The predicted octanol–water partition coefficient (Wildman–Crippen LogP) is 1.43. The summed E-state index contributed by atoms with van der Waals surface area (Å²) in [5.74, 6) is 0. The first kappa shape index (κ1) is 29.6. The standard InChI is InChI=1S/2C5H13NO.4CH3.2In/c2*1-6(2)4-3-5-7;;;;;;/h2*7H,3-5H2,1-2H3;4*1H3;;. The molecule has 0 atom stereocenters. The van der Waals surface area contributed by atoms with Gasteiger partial charge < -0.3 is 20.0 Å². The van der Waals surface area contributed by atoms with Crippen LogP contribution in [-0.2, 0) is 0 Å². The molecule has 4 nitrogen and oxygen atoms in total. The molecule has 0 aromatic heterocycles. The second kappa shape index (κ2) is 32.5. The molecule has 0 heterocycles. The van der Waals surface area contributed by atoms with Crippen molar-refractivity contribution in [1.29, 1.82) is 0 Å². The second-order valence-electron chi connectivity index (χ2n) is 4.92. The van der Waals surface area contributed by atoms with Crippen LogP contribution in [0.4, 0.5) is 0 Å². The van der Waals surface area contributed by atoms with Gasteiger partial charge in [0.1, 0.15) is 0 Å². The topological polar surface area (TPSA) is 46.9 Å². The van der Waals surface area contributed by atoms with E-state index in [1.54, 1.807) is 0 Å². The van der Waals surface area contributed by atoms with Crippen LogP contribution in [0.1, 0.15) is 12.8 Å². The summed E-state index contributed by atoms with van der Waals surface area (Å²) < 4.78 is 9.26. The van der Waals surface area contributed by atoms with Gasteiger partial charge in [0.05, 0.1) is 0 Å². The Labute approximate surface area is 151 Å². The van der Waals surface area contributed by atoms with Crippen LogP contribution in [0.3, 0.4) is 0 Å². The van der Waals surface area contributed by atoms with Crippen LogP contribution in [0, 0.1) is 0 Å². The van der Waals surface area contributed by atoms with Gasteiger partial charge in [-0.25, -0.2) is 0 Å². The molecular formula is C14H38In2N2O2. The number of hydrogen-bond donors (Lipinski definition) is 2. The van der Waals surface area contributed by atoms with Crippen molar-refractivity contribution in [2.45, 2.75) is 31.6 Å². The van der Waals surface area contributed by atoms with Gasteiger partial charge in [-0.3, -0.25) is 0 Å². The van der Waals surface area contributed by atoms with Gasteiger partial charge in [-0.2, -0.15) is 0 Å². The minimum absolute atomic E-state index is 0.110. The van der Waals surface area contributed by atoms with Crippen molar-refractivity contribution in [1.82, 2.24) is 9.80 Å². The minimum atomic E-state index is 0.110. The van der Waals surface area contributed by atoms with E-state index >= 15 is 0 Å². The zero-order valence-electron chi connectivity index (χ0n) is 15.2. The van der Waals surface area contributed by atoms with Crippen LogP contribution in [0.2, 0.25) is 18.7 Å². The summed E-state index contributed by atoms with van der Waals surface area (Å²) in [5.41, 5.74) is 0. The number of aliphatic hydroxyl groups is 2. The predicted molar refractivity (Wildman–Crippen MR) is 95.5 cm³/mol. The Morgan fingerprint density at radius 3 is 0.900 bits per heavy atom. The Balaban J connectivity index is -0.0000000927. The van der Waals surface area contributed by atoms with Crippen molar-refractivity contribution in [3.05, 3.63) is 0 Å². The molecule has 0 aliphatic rings. The summed E-state index contributed by atoms with van der Waals surface area (Å²) >= 11 is 0.220. The molecule has 0 rings (SSSR count). The van der Waals surface area contributed by atoms with Crippen molar-refractivity contribution in [2.75, 3.05) is 54.5 Å². The van der Waals surface area contributed by atoms with E-state index in [0.717, 1.165) is 25.9 Å². The Bertz CT molecular complexity index is 116. The fourth-order valence-electron chi connectivity index (χ4n) is 0.774. The fourth-order valence-corrected chi connectivity index (χ4v) is 0.774. The third-order valence-corrected chi connectivity index (χ3v) is 1.53. The van der Waals surface area contributed by atoms with Gasteiger partial charge in [-0.15, -0.1) is 0 Å². The summed E-state index contributed by atoms with van der Waals surface area (Å²) in [6.45, 7) is 2.57. The summed E-state index contributed by atoms with van der Waals surface area (Å²) in [5, 5.41) is 16.6. The first-order valence-corrected chi connectivity index (χ1v) is 20.5. The van der Waals surface area contributed by atoms with E-state index in [4.69, 9.17) is 10.2 Å². The average Bonchev–Trinajstić information content (AvgIpc) is 2.36. The molecular weight excluding hydrogens is 458 g/mol. The average molecular weight is 496 g/mol. The molecule has 0 spiro atoms. The second-order valence-corrected chi connectivity index (χ2v) is 11.5. The van der Waals surface area contributed by atoms with Gasteiger partial charge in [0, 0.05) is 13.2 Å². The molecule has 0 unspecified atom stereocenters. The third kappa shape index (κ3) is 73.6. The molecule has 122 valence electrons. The van der Waals surface area contributed by atoms with Gasteiger partial charge in [0.15, 0.2) is 0 Å². The summed E-state index contributed by atoms with van der Waals surface area (Å²) in [6, 6.07) is 0. The van der Waals surface area contributed by atoms with Crippen LogP contribution in [0.15, 0.2) is 0 Å².